The van der Waals surface area contributed by atoms with Crippen molar-refractivity contribution in [2.75, 3.05) is 13.1 Å². The Bertz CT molecular complexity index is 951. The zero-order valence-electron chi connectivity index (χ0n) is 14.9. The first kappa shape index (κ1) is 17.3. The van der Waals surface area contributed by atoms with Crippen LogP contribution in [-0.2, 0) is 16.0 Å². The average molecular weight is 363 g/mol. The highest BCUT2D eigenvalue weighted by molar-refractivity contribution is 5.86. The van der Waals surface area contributed by atoms with Crippen molar-refractivity contribution in [1.82, 2.24) is 15.4 Å². The van der Waals surface area contributed by atoms with E-state index in [-0.39, 0.29) is 24.3 Å². The van der Waals surface area contributed by atoms with Crippen molar-refractivity contribution in [1.29, 1.82) is 0 Å². The summed E-state index contributed by atoms with van der Waals surface area (Å²) in [6, 6.07) is 17.0. The molecule has 4 rings (SSSR count). The number of amides is 2. The number of carbonyl (C=O) groups excluding carboxylic acids is 2. The Kier molecular flexibility index (Phi) is 4.87. The molecule has 0 saturated carbocycles. The molecule has 27 heavy (non-hydrogen) atoms. The molecule has 138 valence electrons. The summed E-state index contributed by atoms with van der Waals surface area (Å²) in [5.74, 6) is 0.00206. The Morgan fingerprint density at radius 2 is 1.93 bits per heavy atom. The van der Waals surface area contributed by atoms with Crippen molar-refractivity contribution < 1.29 is 14.1 Å². The summed E-state index contributed by atoms with van der Waals surface area (Å²) in [7, 11) is 0. The van der Waals surface area contributed by atoms with Crippen LogP contribution in [0.5, 0.6) is 0 Å². The van der Waals surface area contributed by atoms with Crippen molar-refractivity contribution >= 4 is 22.8 Å². The van der Waals surface area contributed by atoms with Gasteiger partial charge < -0.3 is 14.7 Å². The molecule has 0 bridgehead atoms. The molecule has 0 radical (unpaired) electrons. The van der Waals surface area contributed by atoms with Gasteiger partial charge in [-0.2, -0.15) is 0 Å². The molecule has 2 amide bonds. The number of fused-ring (bicyclic) bond motifs is 1. The molecule has 1 saturated heterocycles. The second kappa shape index (κ2) is 7.61. The number of rotatable bonds is 6. The van der Waals surface area contributed by atoms with Gasteiger partial charge in [0.2, 0.25) is 11.8 Å². The molecule has 1 aliphatic heterocycles. The van der Waals surface area contributed by atoms with Crippen molar-refractivity contribution in [3.8, 4) is 0 Å². The summed E-state index contributed by atoms with van der Waals surface area (Å²) in [6.45, 7) is 1.22. The van der Waals surface area contributed by atoms with E-state index in [1.807, 2.05) is 59.5 Å². The first-order valence-corrected chi connectivity index (χ1v) is 9.16. The SMILES string of the molecule is O=C(Cc1noc2ccccc12)NC(CN1CCCC1=O)c1ccccc1. The van der Waals surface area contributed by atoms with E-state index in [0.29, 0.717) is 24.2 Å². The van der Waals surface area contributed by atoms with Gasteiger partial charge >= 0.3 is 0 Å². The molecule has 1 unspecified atom stereocenters. The second-order valence-electron chi connectivity index (χ2n) is 6.78. The maximum absolute atomic E-state index is 12.7. The van der Waals surface area contributed by atoms with Crippen LogP contribution in [0.2, 0.25) is 0 Å². The minimum absolute atomic E-state index is 0.133. The van der Waals surface area contributed by atoms with Gasteiger partial charge in [0.15, 0.2) is 5.58 Å². The molecule has 2 aromatic carbocycles. The van der Waals surface area contributed by atoms with Crippen molar-refractivity contribution in [2.45, 2.75) is 25.3 Å². The van der Waals surface area contributed by atoms with Crippen molar-refractivity contribution in [3.05, 3.63) is 65.9 Å². The van der Waals surface area contributed by atoms with E-state index in [1.54, 1.807) is 0 Å². The average Bonchev–Trinajstić information content (AvgIpc) is 3.28. The number of para-hydroxylation sites is 1. The summed E-state index contributed by atoms with van der Waals surface area (Å²) >= 11 is 0. The van der Waals surface area contributed by atoms with Gasteiger partial charge in [0.25, 0.3) is 0 Å². The third-order valence-corrected chi connectivity index (χ3v) is 4.89. The lowest BCUT2D eigenvalue weighted by atomic mass is 10.1. The fourth-order valence-corrected chi connectivity index (χ4v) is 3.50. The topological polar surface area (TPSA) is 75.4 Å². The number of hydrogen-bond acceptors (Lipinski definition) is 4. The Morgan fingerprint density at radius 1 is 1.15 bits per heavy atom. The van der Waals surface area contributed by atoms with Gasteiger partial charge in [0, 0.05) is 24.9 Å². The number of hydrogen-bond donors (Lipinski definition) is 1. The zero-order valence-corrected chi connectivity index (χ0v) is 14.9. The van der Waals surface area contributed by atoms with E-state index in [9.17, 15) is 9.59 Å². The Balaban J connectivity index is 1.50. The van der Waals surface area contributed by atoms with Crippen LogP contribution in [0.4, 0.5) is 0 Å². The summed E-state index contributed by atoms with van der Waals surface area (Å²) < 4.78 is 5.28. The van der Waals surface area contributed by atoms with Crippen LogP contribution in [0.15, 0.2) is 59.1 Å². The third kappa shape index (κ3) is 3.84. The van der Waals surface area contributed by atoms with Crippen LogP contribution in [0.25, 0.3) is 11.0 Å². The largest absolute Gasteiger partial charge is 0.356 e. The van der Waals surface area contributed by atoms with Gasteiger partial charge in [-0.3, -0.25) is 9.59 Å². The molecule has 2 heterocycles. The molecule has 1 atom stereocenters. The number of aromatic nitrogens is 1. The second-order valence-corrected chi connectivity index (χ2v) is 6.78. The number of nitrogens with zero attached hydrogens (tertiary/aromatic N) is 2. The minimum Gasteiger partial charge on any atom is -0.356 e. The van der Waals surface area contributed by atoms with Crippen LogP contribution < -0.4 is 5.32 Å². The summed E-state index contributed by atoms with van der Waals surface area (Å²) in [6.07, 6.45) is 1.59. The molecule has 1 fully saturated rings. The Morgan fingerprint density at radius 3 is 2.70 bits per heavy atom. The van der Waals surface area contributed by atoms with Gasteiger partial charge in [0.05, 0.1) is 12.5 Å². The number of carbonyl (C=O) groups is 2. The smallest absolute Gasteiger partial charge is 0.226 e. The van der Waals surface area contributed by atoms with Crippen LogP contribution in [0.1, 0.15) is 30.1 Å². The summed E-state index contributed by atoms with van der Waals surface area (Å²) in [5.41, 5.74) is 2.27. The van der Waals surface area contributed by atoms with Crippen molar-refractivity contribution in [2.24, 2.45) is 0 Å². The molecule has 0 aliphatic carbocycles. The Labute approximate surface area is 157 Å². The van der Waals surface area contributed by atoms with Gasteiger partial charge in [-0.05, 0) is 24.1 Å². The quantitative estimate of drug-likeness (QED) is 0.731. The predicted octanol–water partition coefficient (Wildman–Crippen LogP) is 2.85. The number of likely N-dealkylation sites (tertiary alicyclic amines) is 1. The van der Waals surface area contributed by atoms with Crippen LogP contribution in [0, 0.1) is 0 Å². The molecular formula is C21H21N3O3. The zero-order chi connectivity index (χ0) is 18.6. The summed E-state index contributed by atoms with van der Waals surface area (Å²) in [4.78, 5) is 26.5. The first-order chi connectivity index (χ1) is 13.2. The lowest BCUT2D eigenvalue weighted by Crippen LogP contribution is -2.39. The molecule has 0 spiro atoms. The maximum atomic E-state index is 12.7. The molecule has 6 heteroatoms. The molecule has 3 aromatic rings. The normalized spacial score (nSPS) is 15.3. The van der Waals surface area contributed by atoms with E-state index >= 15 is 0 Å². The van der Waals surface area contributed by atoms with E-state index in [1.165, 1.54) is 0 Å². The number of nitrogens with one attached hydrogen (secondary N) is 1. The predicted molar refractivity (Wildman–Crippen MR) is 101 cm³/mol. The lowest BCUT2D eigenvalue weighted by Gasteiger charge is -2.25. The van der Waals surface area contributed by atoms with Gasteiger partial charge in [-0.25, -0.2) is 0 Å². The van der Waals surface area contributed by atoms with E-state index in [0.717, 1.165) is 23.9 Å². The minimum atomic E-state index is -0.251. The Hall–Kier alpha value is -3.15. The highest BCUT2D eigenvalue weighted by Crippen LogP contribution is 2.21. The monoisotopic (exact) mass is 363 g/mol. The van der Waals surface area contributed by atoms with Crippen LogP contribution in [0.3, 0.4) is 0 Å². The van der Waals surface area contributed by atoms with E-state index < -0.39 is 0 Å². The highest BCUT2D eigenvalue weighted by atomic mass is 16.5. The van der Waals surface area contributed by atoms with Crippen molar-refractivity contribution in [3.63, 3.8) is 0 Å². The van der Waals surface area contributed by atoms with E-state index in [4.69, 9.17) is 4.52 Å². The van der Waals surface area contributed by atoms with Crippen LogP contribution >= 0.6 is 0 Å². The molecule has 1 aliphatic rings. The fourth-order valence-electron chi connectivity index (χ4n) is 3.50. The number of benzene rings is 2. The van der Waals surface area contributed by atoms with Gasteiger partial charge in [-0.15, -0.1) is 0 Å². The molecular weight excluding hydrogens is 342 g/mol. The highest BCUT2D eigenvalue weighted by Gasteiger charge is 2.25. The first-order valence-electron chi connectivity index (χ1n) is 9.16. The molecule has 1 N–H and O–H groups in total. The van der Waals surface area contributed by atoms with E-state index in [2.05, 4.69) is 10.5 Å². The van der Waals surface area contributed by atoms with Gasteiger partial charge in [0.1, 0.15) is 5.69 Å². The molecule has 6 nitrogen and oxygen atoms in total. The maximum Gasteiger partial charge on any atom is 0.226 e. The van der Waals surface area contributed by atoms with Gasteiger partial charge in [-0.1, -0.05) is 47.6 Å². The standard InChI is InChI=1S/C21H21N3O3/c25-20(13-17-16-9-4-5-10-19(16)27-23-17)22-18(15-7-2-1-3-8-15)14-24-12-6-11-21(24)26/h1-5,7-10,18H,6,11-14H2,(H,22,25). The fraction of sp³-hybridized carbons (Fsp3) is 0.286. The summed E-state index contributed by atoms with van der Waals surface area (Å²) in [5, 5.41) is 7.95. The van der Waals surface area contributed by atoms with Crippen LogP contribution in [-0.4, -0.2) is 35.0 Å². The third-order valence-electron chi connectivity index (χ3n) is 4.89. The molecule has 1 aromatic heterocycles. The lowest BCUT2D eigenvalue weighted by molar-refractivity contribution is -0.129.